The molecule has 2 heterocycles. The minimum Gasteiger partial charge on any atom is -0.375 e. The van der Waals surface area contributed by atoms with E-state index in [4.69, 9.17) is 14.4 Å². The molecule has 0 aromatic rings. The van der Waals surface area contributed by atoms with E-state index in [0.29, 0.717) is 0 Å². The van der Waals surface area contributed by atoms with E-state index in [1.807, 2.05) is 0 Å². The molecule has 0 bridgehead atoms. The summed E-state index contributed by atoms with van der Waals surface area (Å²) in [4.78, 5) is 12.9. The lowest BCUT2D eigenvalue weighted by molar-refractivity contribution is -0.313. The molecule has 5 heteroatoms. The molecule has 0 spiro atoms. The van der Waals surface area contributed by atoms with Crippen LogP contribution in [-0.4, -0.2) is 57.7 Å². The van der Waals surface area contributed by atoms with Crippen LogP contribution in [0.5, 0.6) is 0 Å². The third-order valence-electron chi connectivity index (χ3n) is 8.93. The summed E-state index contributed by atoms with van der Waals surface area (Å²) in [5.74, 6) is 0. The first-order valence-corrected chi connectivity index (χ1v) is 16.8. The van der Waals surface area contributed by atoms with Crippen molar-refractivity contribution in [2.75, 3.05) is 13.2 Å². The van der Waals surface area contributed by atoms with Crippen LogP contribution >= 0.6 is 0 Å². The van der Waals surface area contributed by atoms with E-state index in [0.717, 1.165) is 51.7 Å². The van der Waals surface area contributed by atoms with Gasteiger partial charge < -0.3 is 4.74 Å². The molecular weight excluding hydrogens is 484 g/mol. The van der Waals surface area contributed by atoms with Gasteiger partial charge in [0.25, 0.3) is 0 Å². The molecule has 2 saturated heterocycles. The van der Waals surface area contributed by atoms with Crippen molar-refractivity contribution in [3.63, 3.8) is 0 Å². The van der Waals surface area contributed by atoms with Gasteiger partial charge in [0.05, 0.1) is 25.4 Å². The van der Waals surface area contributed by atoms with Gasteiger partial charge in [-0.15, -0.1) is 0 Å². The molecule has 2 fully saturated rings. The van der Waals surface area contributed by atoms with Crippen molar-refractivity contribution in [2.24, 2.45) is 0 Å². The number of nitrogens with zero attached hydrogens (tertiary/aromatic N) is 2. The summed E-state index contributed by atoms with van der Waals surface area (Å²) in [6.07, 6.45) is 20.0. The fourth-order valence-corrected chi connectivity index (χ4v) is 7.58. The predicted molar refractivity (Wildman–Crippen MR) is 166 cm³/mol. The highest BCUT2D eigenvalue weighted by Crippen LogP contribution is 2.44. The van der Waals surface area contributed by atoms with E-state index >= 15 is 0 Å². The summed E-state index contributed by atoms with van der Waals surface area (Å²) in [7, 11) is 0. The van der Waals surface area contributed by atoms with Gasteiger partial charge in [-0.2, -0.15) is 10.1 Å². The normalized spacial score (nSPS) is 23.8. The number of hydrogen-bond acceptors (Lipinski definition) is 5. The summed E-state index contributed by atoms with van der Waals surface area (Å²) >= 11 is 0. The van der Waals surface area contributed by atoms with Crippen LogP contribution in [0.15, 0.2) is 0 Å². The first kappa shape index (κ1) is 35.0. The summed E-state index contributed by atoms with van der Waals surface area (Å²) in [6.45, 7) is 24.8. The summed E-state index contributed by atoms with van der Waals surface area (Å²) in [6, 6.07) is 0. The van der Waals surface area contributed by atoms with E-state index in [1.54, 1.807) is 0 Å². The third-order valence-corrected chi connectivity index (χ3v) is 8.93. The zero-order valence-corrected chi connectivity index (χ0v) is 28.0. The Morgan fingerprint density at radius 2 is 0.744 bits per heavy atom. The number of unbranched alkanes of at least 4 members (excludes halogenated alkanes) is 10. The number of ether oxygens (including phenoxy) is 1. The van der Waals surface area contributed by atoms with E-state index in [1.165, 1.54) is 64.2 Å². The molecule has 0 amide bonds. The van der Waals surface area contributed by atoms with Gasteiger partial charge in [0.1, 0.15) is 0 Å². The third kappa shape index (κ3) is 11.2. The highest BCUT2D eigenvalue weighted by molar-refractivity contribution is 5.00. The lowest BCUT2D eigenvalue weighted by Gasteiger charge is -2.56. The second-order valence-electron chi connectivity index (χ2n) is 15.2. The molecule has 0 aliphatic carbocycles. The molecule has 232 valence electrons. The Morgan fingerprint density at radius 1 is 0.462 bits per heavy atom. The lowest BCUT2D eigenvalue weighted by Crippen LogP contribution is -2.64. The second kappa shape index (κ2) is 15.9. The Kier molecular flexibility index (Phi) is 14.2. The second-order valence-corrected chi connectivity index (χ2v) is 15.2. The van der Waals surface area contributed by atoms with E-state index in [9.17, 15) is 0 Å². The first-order chi connectivity index (χ1) is 18.2. The van der Waals surface area contributed by atoms with Gasteiger partial charge in [-0.3, -0.25) is 9.68 Å². The average molecular weight is 553 g/mol. The van der Waals surface area contributed by atoms with Gasteiger partial charge in [-0.1, -0.05) is 78.1 Å². The van der Waals surface area contributed by atoms with Crippen molar-refractivity contribution in [2.45, 2.75) is 206 Å². The molecule has 2 aliphatic heterocycles. The number of hydroxylamine groups is 4. The van der Waals surface area contributed by atoms with Crippen molar-refractivity contribution in [3.8, 4) is 0 Å². The average Bonchev–Trinajstić information content (AvgIpc) is 2.79. The number of piperidine rings is 2. The zero-order valence-electron chi connectivity index (χ0n) is 28.0. The van der Waals surface area contributed by atoms with Crippen molar-refractivity contribution >= 4 is 0 Å². The van der Waals surface area contributed by atoms with Gasteiger partial charge in [0.15, 0.2) is 0 Å². The summed E-state index contributed by atoms with van der Waals surface area (Å²) < 4.78 is 6.97. The van der Waals surface area contributed by atoms with Crippen LogP contribution in [-0.2, 0) is 14.4 Å². The Hall–Kier alpha value is -0.200. The lowest BCUT2D eigenvalue weighted by atomic mass is 9.78. The SMILES string of the molecule is CCCCCCCCON1C(C)(C)CC(OC2CC(C)(C)N(OCCCCCCCC)C(C)(C)C2)CC1(C)C. The Morgan fingerprint density at radius 3 is 1.05 bits per heavy atom. The smallest absolute Gasteiger partial charge is 0.0685 e. The topological polar surface area (TPSA) is 34.2 Å². The maximum Gasteiger partial charge on any atom is 0.0685 e. The van der Waals surface area contributed by atoms with Crippen LogP contribution in [0.3, 0.4) is 0 Å². The monoisotopic (exact) mass is 553 g/mol. The molecule has 0 saturated carbocycles. The van der Waals surface area contributed by atoms with E-state index in [2.05, 4.69) is 79.4 Å². The molecule has 5 nitrogen and oxygen atoms in total. The molecule has 0 radical (unpaired) electrons. The molecule has 2 aliphatic rings. The highest BCUT2D eigenvalue weighted by atomic mass is 16.7. The summed E-state index contributed by atoms with van der Waals surface area (Å²) in [5, 5.41) is 4.61. The minimum absolute atomic E-state index is 0.0550. The van der Waals surface area contributed by atoms with Gasteiger partial charge in [0.2, 0.25) is 0 Å². The van der Waals surface area contributed by atoms with Crippen LogP contribution in [0.1, 0.15) is 172 Å². The Bertz CT molecular complexity index is 583. The quantitative estimate of drug-likeness (QED) is 0.158. The molecule has 0 aromatic carbocycles. The van der Waals surface area contributed by atoms with Crippen LogP contribution in [0.4, 0.5) is 0 Å². The largest absolute Gasteiger partial charge is 0.375 e. The van der Waals surface area contributed by atoms with Crippen LogP contribution in [0.2, 0.25) is 0 Å². The fourth-order valence-electron chi connectivity index (χ4n) is 7.58. The van der Waals surface area contributed by atoms with Gasteiger partial charge in [-0.05, 0) is 93.9 Å². The standard InChI is InChI=1S/C34H68N2O3/c1-11-13-15-17-19-21-23-37-35-31(3,4)25-29(26-32(35,5)6)39-30-27-33(7,8)36(34(9,10)28-30)38-24-22-20-18-16-14-12-2/h29-30H,11-28H2,1-10H3. The highest BCUT2D eigenvalue weighted by Gasteiger charge is 2.50. The van der Waals surface area contributed by atoms with Crippen LogP contribution in [0.25, 0.3) is 0 Å². The zero-order chi connectivity index (χ0) is 29.2. The van der Waals surface area contributed by atoms with Gasteiger partial charge in [0, 0.05) is 22.2 Å². The molecule has 0 N–H and O–H groups in total. The molecule has 0 aromatic heterocycles. The maximum atomic E-state index is 6.97. The van der Waals surface area contributed by atoms with E-state index < -0.39 is 0 Å². The predicted octanol–water partition coefficient (Wildman–Crippen LogP) is 9.63. The van der Waals surface area contributed by atoms with Crippen LogP contribution < -0.4 is 0 Å². The van der Waals surface area contributed by atoms with Gasteiger partial charge >= 0.3 is 0 Å². The fraction of sp³-hybridized carbons (Fsp3) is 1.00. The molecule has 0 unspecified atom stereocenters. The first-order valence-electron chi connectivity index (χ1n) is 16.8. The van der Waals surface area contributed by atoms with Crippen LogP contribution in [0, 0.1) is 0 Å². The number of rotatable bonds is 18. The Balaban J connectivity index is 1.87. The van der Waals surface area contributed by atoms with Crippen molar-refractivity contribution < 1.29 is 14.4 Å². The maximum absolute atomic E-state index is 6.97. The van der Waals surface area contributed by atoms with Crippen molar-refractivity contribution in [1.29, 1.82) is 0 Å². The van der Waals surface area contributed by atoms with Gasteiger partial charge in [-0.25, -0.2) is 0 Å². The number of hydrogen-bond donors (Lipinski definition) is 0. The minimum atomic E-state index is -0.0550. The molecule has 0 atom stereocenters. The van der Waals surface area contributed by atoms with Crippen molar-refractivity contribution in [3.05, 3.63) is 0 Å². The molecular formula is C34H68N2O3. The molecule has 2 rings (SSSR count). The molecule has 39 heavy (non-hydrogen) atoms. The van der Waals surface area contributed by atoms with E-state index in [-0.39, 0.29) is 34.4 Å². The summed E-state index contributed by atoms with van der Waals surface area (Å²) in [5.41, 5.74) is -0.220. The Labute approximate surface area is 244 Å². The van der Waals surface area contributed by atoms with Crippen molar-refractivity contribution in [1.82, 2.24) is 10.1 Å².